The molecule has 1 unspecified atom stereocenters. The summed E-state index contributed by atoms with van der Waals surface area (Å²) >= 11 is 0. The molecule has 45 heavy (non-hydrogen) atoms. The molecule has 0 saturated heterocycles. The average molecular weight is 627 g/mol. The van der Waals surface area contributed by atoms with Gasteiger partial charge in [0.1, 0.15) is 48.4 Å². The van der Waals surface area contributed by atoms with E-state index in [-0.39, 0.29) is 36.7 Å². The van der Waals surface area contributed by atoms with Crippen LogP contribution in [0.2, 0.25) is 0 Å². The van der Waals surface area contributed by atoms with E-state index in [0.717, 1.165) is 22.3 Å². The van der Waals surface area contributed by atoms with Gasteiger partial charge in [-0.15, -0.1) is 4.20 Å². The van der Waals surface area contributed by atoms with E-state index in [2.05, 4.69) is 0 Å². The number of carbonyl (C=O) groups excluding carboxylic acids is 1. The fraction of sp³-hybridized carbons (Fsp3) is 0.139. The van der Waals surface area contributed by atoms with Crippen molar-refractivity contribution < 1.29 is 37.2 Å². The third-order valence-electron chi connectivity index (χ3n) is 6.83. The van der Waals surface area contributed by atoms with Gasteiger partial charge >= 0.3 is 7.91 Å². The Kier molecular flexibility index (Phi) is 10.6. The lowest BCUT2D eigenvalue weighted by Gasteiger charge is -2.18. The first-order valence-corrected chi connectivity index (χ1v) is 15.8. The molecule has 0 aliphatic carbocycles. The molecule has 7 nitrogen and oxygen atoms in total. The molecule has 5 aromatic carbocycles. The summed E-state index contributed by atoms with van der Waals surface area (Å²) in [5, 5.41) is 0. The van der Waals surface area contributed by atoms with Crippen molar-refractivity contribution in [1.29, 1.82) is 0 Å². The van der Waals surface area contributed by atoms with Crippen molar-refractivity contribution in [1.82, 2.24) is 0 Å². The largest absolute Gasteiger partial charge is 0.567 e. The number of ketones is 1. The first-order valence-electron chi connectivity index (χ1n) is 14.3. The van der Waals surface area contributed by atoms with Crippen LogP contribution in [0.1, 0.15) is 39.0 Å². The number of rotatable bonds is 15. The number of Topliss-reactive ketones (excluding diaryl/α,β-unsaturated/α-hetero) is 1. The first-order chi connectivity index (χ1) is 21.8. The van der Waals surface area contributed by atoms with Gasteiger partial charge in [-0.3, -0.25) is 9.69 Å². The highest BCUT2D eigenvalue weighted by Crippen LogP contribution is 2.48. The summed E-state index contributed by atoms with van der Waals surface area (Å²) in [7, 11) is -5.54. The molecule has 0 bridgehead atoms. The van der Waals surface area contributed by atoms with Crippen LogP contribution in [0.25, 0.3) is 0 Å². The molecule has 9 heteroatoms. The van der Waals surface area contributed by atoms with E-state index in [0.29, 0.717) is 18.8 Å². The van der Waals surface area contributed by atoms with Crippen LogP contribution in [0.15, 0.2) is 127 Å². The zero-order valence-corrected chi connectivity index (χ0v) is 25.3. The number of carbonyl (C=O) groups is 1. The molecule has 1 atom stereocenters. The van der Waals surface area contributed by atoms with Gasteiger partial charge in [0, 0.05) is 18.6 Å². The lowest BCUT2D eigenvalue weighted by atomic mass is 10.0. The molecule has 0 fully saturated rings. The van der Waals surface area contributed by atoms with Crippen molar-refractivity contribution in [2.75, 3.05) is 0 Å². The summed E-state index contributed by atoms with van der Waals surface area (Å²) in [5.41, 5.74) is 3.45. The summed E-state index contributed by atoms with van der Waals surface area (Å²) in [6, 6.07) is 38.5. The summed E-state index contributed by atoms with van der Waals surface area (Å²) in [6.07, 6.45) is 0.336. The van der Waals surface area contributed by atoms with Crippen molar-refractivity contribution in [3.05, 3.63) is 155 Å². The van der Waals surface area contributed by atoms with Crippen LogP contribution in [-0.2, 0) is 30.8 Å². The molecule has 0 aliphatic rings. The monoisotopic (exact) mass is 626 g/mol. The van der Waals surface area contributed by atoms with E-state index in [4.69, 9.17) is 18.7 Å². The predicted octanol–water partition coefficient (Wildman–Crippen LogP) is 8.69. The Morgan fingerprint density at radius 2 is 1.07 bits per heavy atom. The second-order valence-electron chi connectivity index (χ2n) is 10.2. The second kappa shape index (κ2) is 15.2. The van der Waals surface area contributed by atoms with E-state index >= 15 is 0 Å². The van der Waals surface area contributed by atoms with Crippen LogP contribution in [0.5, 0.6) is 23.0 Å². The Balaban J connectivity index is 1.35. The van der Waals surface area contributed by atoms with Gasteiger partial charge < -0.3 is 18.7 Å². The van der Waals surface area contributed by atoms with Crippen LogP contribution in [0.3, 0.4) is 0 Å². The molecule has 0 saturated carbocycles. The van der Waals surface area contributed by atoms with E-state index < -0.39 is 19.4 Å². The molecular formula is C36H32FO7P. The highest BCUT2D eigenvalue weighted by atomic mass is 31.2. The van der Waals surface area contributed by atoms with Crippen LogP contribution in [-0.4, -0.2) is 10.7 Å². The molecule has 0 aromatic heterocycles. The highest BCUT2D eigenvalue weighted by Gasteiger charge is 2.28. The van der Waals surface area contributed by atoms with Gasteiger partial charge in [0.15, 0.2) is 5.78 Å². The highest BCUT2D eigenvalue weighted by molar-refractivity contribution is 7.47. The molecule has 5 aromatic rings. The van der Waals surface area contributed by atoms with Crippen molar-refractivity contribution >= 4 is 13.7 Å². The first kappa shape index (κ1) is 31.5. The van der Waals surface area contributed by atoms with Crippen LogP contribution >= 0.6 is 7.91 Å². The third kappa shape index (κ3) is 9.80. The van der Waals surface area contributed by atoms with Crippen molar-refractivity contribution in [3.63, 3.8) is 0 Å². The molecular weight excluding hydrogens is 594 g/mol. The standard InChI is InChI=1S/C36H32FO7P/c37-45(39,40)44-35-23-32(42-25-29-12-6-2-7-13-29)22-34(43-26-30-14-8-3-9-15-30)36(35)33(38)21-18-27-16-19-31(20-17-27)41-24-28-10-4-1-5-11-28/h1-17,19-20,22-23H,18,21,24-26H2,(H,39,40). The summed E-state index contributed by atoms with van der Waals surface area (Å²) in [5.74, 6) is 0.0108. The number of hydrogen-bond donors (Lipinski definition) is 1. The zero-order chi connectivity index (χ0) is 31.5. The quantitative estimate of drug-likeness (QED) is 0.0918. The van der Waals surface area contributed by atoms with Crippen LogP contribution in [0.4, 0.5) is 4.20 Å². The number of benzene rings is 5. The van der Waals surface area contributed by atoms with E-state index in [9.17, 15) is 18.4 Å². The summed E-state index contributed by atoms with van der Waals surface area (Å²) < 4.78 is 48.4. The van der Waals surface area contributed by atoms with Gasteiger partial charge in [-0.2, -0.15) is 0 Å². The fourth-order valence-electron chi connectivity index (χ4n) is 4.58. The van der Waals surface area contributed by atoms with Gasteiger partial charge in [0.25, 0.3) is 0 Å². The van der Waals surface area contributed by atoms with Crippen LogP contribution in [0, 0.1) is 0 Å². The maximum Gasteiger partial charge on any atom is 0.567 e. The smallest absolute Gasteiger partial charge is 0.489 e. The van der Waals surface area contributed by atoms with Gasteiger partial charge in [0.05, 0.1) is 0 Å². The van der Waals surface area contributed by atoms with E-state index in [1.54, 1.807) is 0 Å². The van der Waals surface area contributed by atoms with E-state index in [1.165, 1.54) is 12.1 Å². The average Bonchev–Trinajstić information content (AvgIpc) is 3.05. The van der Waals surface area contributed by atoms with Gasteiger partial charge in [-0.25, -0.2) is 4.57 Å². The van der Waals surface area contributed by atoms with Crippen molar-refractivity contribution in [2.45, 2.75) is 32.7 Å². The fourth-order valence-corrected chi connectivity index (χ4v) is 4.97. The molecule has 0 spiro atoms. The maximum atomic E-state index is 14.0. The Hall–Kier alpha value is -4.91. The summed E-state index contributed by atoms with van der Waals surface area (Å²) in [4.78, 5) is 23.1. The summed E-state index contributed by atoms with van der Waals surface area (Å²) in [6.45, 7) is 0.671. The van der Waals surface area contributed by atoms with Gasteiger partial charge in [-0.05, 0) is 40.8 Å². The second-order valence-corrected chi connectivity index (χ2v) is 11.3. The minimum absolute atomic E-state index is 0.00545. The number of ether oxygens (including phenoxy) is 3. The topological polar surface area (TPSA) is 91.3 Å². The molecule has 5 rings (SSSR count). The zero-order valence-electron chi connectivity index (χ0n) is 24.4. The Bertz CT molecular complexity index is 1730. The lowest BCUT2D eigenvalue weighted by molar-refractivity contribution is 0.0976. The Labute approximate surface area is 261 Å². The van der Waals surface area contributed by atoms with Crippen molar-refractivity contribution in [3.8, 4) is 23.0 Å². The molecule has 0 amide bonds. The predicted molar refractivity (Wildman–Crippen MR) is 169 cm³/mol. The minimum atomic E-state index is -5.54. The lowest BCUT2D eigenvalue weighted by Crippen LogP contribution is -2.09. The van der Waals surface area contributed by atoms with E-state index in [1.807, 2.05) is 115 Å². The minimum Gasteiger partial charge on any atom is -0.489 e. The van der Waals surface area contributed by atoms with Crippen molar-refractivity contribution in [2.24, 2.45) is 0 Å². The van der Waals surface area contributed by atoms with Gasteiger partial charge in [-0.1, -0.05) is 103 Å². The van der Waals surface area contributed by atoms with Crippen LogP contribution < -0.4 is 18.7 Å². The maximum absolute atomic E-state index is 14.0. The number of aryl methyl sites for hydroxylation is 1. The SMILES string of the molecule is O=C(CCc1ccc(OCc2ccccc2)cc1)c1c(OCc2ccccc2)cc(OCc2ccccc2)cc1OP(=O)(O)F. The Morgan fingerprint density at radius 3 is 1.58 bits per heavy atom. The third-order valence-corrected chi connectivity index (χ3v) is 7.25. The normalized spacial score (nSPS) is 12.1. The number of hydrogen-bond acceptors (Lipinski definition) is 6. The molecule has 0 heterocycles. The molecule has 1 N–H and O–H groups in total. The molecule has 0 radical (unpaired) electrons. The number of halogens is 1. The van der Waals surface area contributed by atoms with Gasteiger partial charge in [0.2, 0.25) is 0 Å². The molecule has 230 valence electrons. The molecule has 0 aliphatic heterocycles. The Morgan fingerprint density at radius 1 is 0.600 bits per heavy atom.